The van der Waals surface area contributed by atoms with E-state index in [1.807, 2.05) is 24.3 Å². The molecule has 134 valence electrons. The number of hydrogen-bond acceptors (Lipinski definition) is 2. The molecular weight excluding hydrogens is 371 g/mol. The zero-order chi connectivity index (χ0) is 18.5. The van der Waals surface area contributed by atoms with Gasteiger partial charge in [0.1, 0.15) is 0 Å². The molecule has 1 heterocycles. The second-order valence-electron chi connectivity index (χ2n) is 6.01. The lowest BCUT2D eigenvalue weighted by atomic mass is 10.2. The minimum absolute atomic E-state index is 0.144. The van der Waals surface area contributed by atoms with Crippen LogP contribution in [0.25, 0.3) is 6.08 Å². The molecule has 2 aromatic carbocycles. The highest BCUT2D eigenvalue weighted by Gasteiger charge is 2.21. The van der Waals surface area contributed by atoms with Crippen molar-refractivity contribution in [3.8, 4) is 0 Å². The quantitative estimate of drug-likeness (QED) is 0.769. The van der Waals surface area contributed by atoms with Crippen molar-refractivity contribution in [2.45, 2.75) is 19.4 Å². The Bertz CT molecular complexity index is 844. The molecule has 0 atom stereocenters. The van der Waals surface area contributed by atoms with Crippen molar-refractivity contribution in [2.24, 2.45) is 0 Å². The molecule has 2 aromatic rings. The van der Waals surface area contributed by atoms with E-state index in [1.54, 1.807) is 29.2 Å². The van der Waals surface area contributed by atoms with Gasteiger partial charge in [-0.1, -0.05) is 41.4 Å². The van der Waals surface area contributed by atoms with Gasteiger partial charge in [-0.25, -0.2) is 0 Å². The minimum atomic E-state index is -0.247. The molecule has 1 aliphatic rings. The summed E-state index contributed by atoms with van der Waals surface area (Å²) in [4.78, 5) is 25.7. The third-order valence-corrected chi connectivity index (χ3v) is 4.82. The van der Waals surface area contributed by atoms with Crippen LogP contribution in [0.4, 0.5) is 5.69 Å². The van der Waals surface area contributed by atoms with Crippen LogP contribution in [0.5, 0.6) is 0 Å². The first-order chi connectivity index (χ1) is 12.5. The van der Waals surface area contributed by atoms with Crippen LogP contribution in [0.1, 0.15) is 24.0 Å². The molecule has 1 aliphatic heterocycles. The van der Waals surface area contributed by atoms with E-state index in [9.17, 15) is 9.59 Å². The Kier molecular flexibility index (Phi) is 5.96. The lowest BCUT2D eigenvalue weighted by molar-refractivity contribution is -0.117. The van der Waals surface area contributed by atoms with Crippen LogP contribution in [-0.4, -0.2) is 18.4 Å². The predicted molar refractivity (Wildman–Crippen MR) is 105 cm³/mol. The standard InChI is InChI=1S/C20H18Cl2N2O2/c21-17-6-2-7-18(22)16(17)9-10-19(25)23-13-14-4-1-5-15(12-14)24-11-3-8-20(24)26/h1-2,4-7,9-10,12H,3,8,11,13H2,(H,23,25)/b10-9+. The van der Waals surface area contributed by atoms with E-state index >= 15 is 0 Å². The summed E-state index contributed by atoms with van der Waals surface area (Å²) in [6.07, 6.45) is 4.48. The smallest absolute Gasteiger partial charge is 0.244 e. The molecule has 0 bridgehead atoms. The van der Waals surface area contributed by atoms with Crippen molar-refractivity contribution in [1.29, 1.82) is 0 Å². The summed E-state index contributed by atoms with van der Waals surface area (Å²) in [5, 5.41) is 3.80. The average Bonchev–Trinajstić information content (AvgIpc) is 3.06. The monoisotopic (exact) mass is 388 g/mol. The van der Waals surface area contributed by atoms with Crippen LogP contribution in [-0.2, 0) is 16.1 Å². The zero-order valence-corrected chi connectivity index (χ0v) is 15.6. The van der Waals surface area contributed by atoms with E-state index in [-0.39, 0.29) is 11.8 Å². The number of carbonyl (C=O) groups is 2. The fourth-order valence-corrected chi connectivity index (χ4v) is 3.36. The van der Waals surface area contributed by atoms with E-state index in [0.717, 1.165) is 24.2 Å². The highest BCUT2D eigenvalue weighted by molar-refractivity contribution is 6.37. The molecule has 1 saturated heterocycles. The van der Waals surface area contributed by atoms with Gasteiger partial charge >= 0.3 is 0 Å². The first-order valence-electron chi connectivity index (χ1n) is 8.34. The van der Waals surface area contributed by atoms with Gasteiger partial charge in [0.15, 0.2) is 0 Å². The fourth-order valence-electron chi connectivity index (χ4n) is 2.83. The van der Waals surface area contributed by atoms with Gasteiger partial charge in [0.2, 0.25) is 11.8 Å². The van der Waals surface area contributed by atoms with Gasteiger partial charge in [0.05, 0.1) is 0 Å². The molecule has 26 heavy (non-hydrogen) atoms. The lowest BCUT2D eigenvalue weighted by Gasteiger charge is -2.16. The molecular formula is C20H18Cl2N2O2. The van der Waals surface area contributed by atoms with Crippen molar-refractivity contribution < 1.29 is 9.59 Å². The van der Waals surface area contributed by atoms with Crippen LogP contribution in [0.15, 0.2) is 48.5 Å². The van der Waals surface area contributed by atoms with E-state index in [1.165, 1.54) is 6.08 Å². The molecule has 0 saturated carbocycles. The van der Waals surface area contributed by atoms with Crippen LogP contribution in [0.2, 0.25) is 10.0 Å². The largest absolute Gasteiger partial charge is 0.348 e. The maximum Gasteiger partial charge on any atom is 0.244 e. The normalized spacial score (nSPS) is 14.2. The van der Waals surface area contributed by atoms with Crippen molar-refractivity contribution in [2.75, 3.05) is 11.4 Å². The second-order valence-corrected chi connectivity index (χ2v) is 6.82. The summed E-state index contributed by atoms with van der Waals surface area (Å²) < 4.78 is 0. The number of benzene rings is 2. The zero-order valence-electron chi connectivity index (χ0n) is 14.0. The number of amides is 2. The number of halogens is 2. The van der Waals surface area contributed by atoms with Gasteiger partial charge in [0.25, 0.3) is 0 Å². The van der Waals surface area contributed by atoms with E-state index in [2.05, 4.69) is 5.32 Å². The number of anilines is 1. The molecule has 1 N–H and O–H groups in total. The van der Waals surface area contributed by atoms with Crippen molar-refractivity contribution >= 4 is 46.8 Å². The van der Waals surface area contributed by atoms with Gasteiger partial charge < -0.3 is 10.2 Å². The maximum absolute atomic E-state index is 12.1. The summed E-state index contributed by atoms with van der Waals surface area (Å²) in [6.45, 7) is 1.12. The third-order valence-electron chi connectivity index (χ3n) is 4.16. The highest BCUT2D eigenvalue weighted by Crippen LogP contribution is 2.25. The summed E-state index contributed by atoms with van der Waals surface area (Å²) in [5.41, 5.74) is 2.41. The van der Waals surface area contributed by atoms with Crippen LogP contribution in [0, 0.1) is 0 Å². The summed E-state index contributed by atoms with van der Waals surface area (Å²) in [5.74, 6) is -0.102. The molecule has 0 radical (unpaired) electrons. The van der Waals surface area contributed by atoms with E-state index in [0.29, 0.717) is 28.6 Å². The Morgan fingerprint density at radius 3 is 2.58 bits per heavy atom. The number of rotatable bonds is 5. The molecule has 0 unspecified atom stereocenters. The fraction of sp³-hybridized carbons (Fsp3) is 0.200. The van der Waals surface area contributed by atoms with Crippen molar-refractivity contribution in [3.63, 3.8) is 0 Å². The average molecular weight is 389 g/mol. The molecule has 3 rings (SSSR count). The Morgan fingerprint density at radius 1 is 1.15 bits per heavy atom. The summed E-state index contributed by atoms with van der Waals surface area (Å²) in [7, 11) is 0. The number of nitrogens with zero attached hydrogens (tertiary/aromatic N) is 1. The van der Waals surface area contributed by atoms with Gasteiger partial charge in [-0.2, -0.15) is 0 Å². The van der Waals surface area contributed by atoms with Crippen LogP contribution in [0.3, 0.4) is 0 Å². The number of nitrogens with one attached hydrogen (secondary N) is 1. The predicted octanol–water partition coefficient (Wildman–Crippen LogP) is 4.45. The minimum Gasteiger partial charge on any atom is -0.348 e. The molecule has 0 spiro atoms. The molecule has 1 fully saturated rings. The lowest BCUT2D eigenvalue weighted by Crippen LogP contribution is -2.24. The van der Waals surface area contributed by atoms with Crippen molar-refractivity contribution in [1.82, 2.24) is 5.32 Å². The molecule has 0 aliphatic carbocycles. The number of carbonyl (C=O) groups excluding carboxylic acids is 2. The molecule has 6 heteroatoms. The Balaban J connectivity index is 1.61. The summed E-state index contributed by atoms with van der Waals surface area (Å²) in [6, 6.07) is 12.8. The van der Waals surface area contributed by atoms with Gasteiger partial charge in [0, 0.05) is 46.9 Å². The van der Waals surface area contributed by atoms with Crippen LogP contribution >= 0.6 is 23.2 Å². The summed E-state index contributed by atoms with van der Waals surface area (Å²) >= 11 is 12.2. The third kappa shape index (κ3) is 4.45. The van der Waals surface area contributed by atoms with Gasteiger partial charge in [-0.15, -0.1) is 0 Å². The van der Waals surface area contributed by atoms with Gasteiger partial charge in [-0.3, -0.25) is 9.59 Å². The molecule has 2 amide bonds. The number of hydrogen-bond donors (Lipinski definition) is 1. The van der Waals surface area contributed by atoms with Crippen molar-refractivity contribution in [3.05, 3.63) is 69.7 Å². The first kappa shape index (κ1) is 18.5. The second kappa shape index (κ2) is 8.39. The highest BCUT2D eigenvalue weighted by atomic mass is 35.5. The topological polar surface area (TPSA) is 49.4 Å². The Morgan fingerprint density at radius 2 is 1.88 bits per heavy atom. The molecule has 4 nitrogen and oxygen atoms in total. The Hall–Kier alpha value is -2.30. The van der Waals surface area contributed by atoms with Crippen LogP contribution < -0.4 is 10.2 Å². The van der Waals surface area contributed by atoms with E-state index < -0.39 is 0 Å². The first-order valence-corrected chi connectivity index (χ1v) is 9.09. The van der Waals surface area contributed by atoms with Gasteiger partial charge in [-0.05, 0) is 42.3 Å². The Labute approximate surface area is 162 Å². The maximum atomic E-state index is 12.1. The SMILES string of the molecule is O=C(/C=C/c1c(Cl)cccc1Cl)NCc1cccc(N2CCCC2=O)c1. The van der Waals surface area contributed by atoms with E-state index in [4.69, 9.17) is 23.2 Å². The molecule has 0 aromatic heterocycles.